The molecule has 6 rings (SSSR count). The van der Waals surface area contributed by atoms with Gasteiger partial charge in [0, 0.05) is 19.2 Å². The second kappa shape index (κ2) is 7.07. The molecule has 31 heavy (non-hydrogen) atoms. The fourth-order valence-electron chi connectivity index (χ4n) is 4.35. The van der Waals surface area contributed by atoms with Crippen LogP contribution in [-0.4, -0.2) is 49.1 Å². The molecule has 9 nitrogen and oxygen atoms in total. The van der Waals surface area contributed by atoms with Crippen molar-refractivity contribution in [3.63, 3.8) is 0 Å². The zero-order valence-electron chi connectivity index (χ0n) is 16.9. The van der Waals surface area contributed by atoms with E-state index in [-0.39, 0.29) is 12.8 Å². The zero-order chi connectivity index (χ0) is 20.9. The molecule has 4 aromatic rings. The number of likely N-dealkylation sites (tertiary alicyclic amines) is 1. The van der Waals surface area contributed by atoms with E-state index in [1.165, 1.54) is 0 Å². The molecule has 158 valence electrons. The largest absolute Gasteiger partial charge is 0.454 e. The summed E-state index contributed by atoms with van der Waals surface area (Å²) in [4.78, 5) is 11.5. The van der Waals surface area contributed by atoms with E-state index >= 15 is 0 Å². The summed E-state index contributed by atoms with van der Waals surface area (Å²) in [5, 5.41) is 14.5. The number of β-amino-alcohol motifs (C(OH)–C–C–N with tert-alkyl or cyclic N) is 1. The van der Waals surface area contributed by atoms with E-state index in [0.717, 1.165) is 22.4 Å². The van der Waals surface area contributed by atoms with Gasteiger partial charge < -0.3 is 23.7 Å². The lowest BCUT2D eigenvalue weighted by Gasteiger charge is -2.20. The second-order valence-corrected chi connectivity index (χ2v) is 7.93. The fraction of sp³-hybridized carbons (Fsp3) is 0.318. The predicted octanol–water partition coefficient (Wildman–Crippen LogP) is 2.66. The van der Waals surface area contributed by atoms with E-state index in [2.05, 4.69) is 25.7 Å². The molecule has 0 unspecified atom stereocenters. The lowest BCUT2D eigenvalue weighted by molar-refractivity contribution is 0.167. The normalized spacial score (nSPS) is 20.7. The summed E-state index contributed by atoms with van der Waals surface area (Å²) < 4.78 is 18.5. The molecule has 0 radical (unpaired) electrons. The summed E-state index contributed by atoms with van der Waals surface area (Å²) in [5.41, 5.74) is 2.83. The first-order valence-corrected chi connectivity index (χ1v) is 10.2. The highest BCUT2D eigenvalue weighted by Gasteiger charge is 2.36. The van der Waals surface area contributed by atoms with Crippen molar-refractivity contribution in [2.24, 2.45) is 7.05 Å². The molecule has 1 saturated heterocycles. The number of para-hydroxylation sites is 2. The molecular formula is C22H21N5O4. The van der Waals surface area contributed by atoms with Crippen molar-refractivity contribution in [2.45, 2.75) is 25.1 Å². The van der Waals surface area contributed by atoms with Crippen LogP contribution in [0.4, 0.5) is 0 Å². The van der Waals surface area contributed by atoms with Gasteiger partial charge in [0.1, 0.15) is 5.82 Å². The van der Waals surface area contributed by atoms with E-state index in [1.54, 1.807) is 0 Å². The second-order valence-electron chi connectivity index (χ2n) is 7.93. The van der Waals surface area contributed by atoms with Gasteiger partial charge in [0.05, 0.1) is 29.7 Å². The molecule has 4 heterocycles. The molecule has 2 aliphatic rings. The molecular weight excluding hydrogens is 398 g/mol. The van der Waals surface area contributed by atoms with Crippen LogP contribution in [0, 0.1) is 0 Å². The predicted molar refractivity (Wildman–Crippen MR) is 110 cm³/mol. The number of hydrogen-bond donors (Lipinski definition) is 1. The standard InChI is InChI=1S/C22H21N5O4/c1-26-16-5-3-2-4-15(16)23-20(26)11-27-10-14(28)9-17(27)22-24-21(25-31-22)13-6-7-18-19(8-13)30-12-29-18/h2-8,14,17,28H,9-12H2,1H3/t14-,17+/m1/s1. The average Bonchev–Trinajstić information content (AvgIpc) is 3.55. The molecule has 0 spiro atoms. The number of rotatable bonds is 4. The molecule has 2 atom stereocenters. The number of aromatic nitrogens is 4. The maximum Gasteiger partial charge on any atom is 0.244 e. The number of benzene rings is 2. The van der Waals surface area contributed by atoms with Gasteiger partial charge in [-0.2, -0.15) is 4.98 Å². The third-order valence-corrected chi connectivity index (χ3v) is 5.96. The third-order valence-electron chi connectivity index (χ3n) is 5.96. The summed E-state index contributed by atoms with van der Waals surface area (Å²) in [6.07, 6.45) is 0.0766. The van der Waals surface area contributed by atoms with Crippen LogP contribution in [0.3, 0.4) is 0 Å². The van der Waals surface area contributed by atoms with Crippen LogP contribution in [0.1, 0.15) is 24.2 Å². The lowest BCUT2D eigenvalue weighted by Crippen LogP contribution is -2.26. The molecule has 2 aromatic heterocycles. The van der Waals surface area contributed by atoms with Crippen LogP contribution in [0.25, 0.3) is 22.4 Å². The number of imidazole rings is 1. The Hall–Kier alpha value is -3.43. The van der Waals surface area contributed by atoms with Gasteiger partial charge in [-0.1, -0.05) is 17.3 Å². The monoisotopic (exact) mass is 419 g/mol. The van der Waals surface area contributed by atoms with Crippen LogP contribution >= 0.6 is 0 Å². The molecule has 1 fully saturated rings. The number of aryl methyl sites for hydroxylation is 1. The van der Waals surface area contributed by atoms with Gasteiger partial charge in [0.2, 0.25) is 18.5 Å². The summed E-state index contributed by atoms with van der Waals surface area (Å²) in [6.45, 7) is 1.32. The number of aliphatic hydroxyl groups is 1. The highest BCUT2D eigenvalue weighted by Crippen LogP contribution is 2.37. The lowest BCUT2D eigenvalue weighted by atomic mass is 10.2. The molecule has 0 saturated carbocycles. The van der Waals surface area contributed by atoms with Gasteiger partial charge in [0.25, 0.3) is 0 Å². The average molecular weight is 419 g/mol. The number of ether oxygens (including phenoxy) is 2. The summed E-state index contributed by atoms with van der Waals surface area (Å²) >= 11 is 0. The molecule has 9 heteroatoms. The molecule has 1 N–H and O–H groups in total. The van der Waals surface area contributed by atoms with Crippen molar-refractivity contribution in [1.29, 1.82) is 0 Å². The summed E-state index contributed by atoms with van der Waals surface area (Å²) in [5.74, 6) is 3.28. The van der Waals surface area contributed by atoms with Gasteiger partial charge in [-0.3, -0.25) is 4.90 Å². The van der Waals surface area contributed by atoms with Crippen LogP contribution in [0.2, 0.25) is 0 Å². The van der Waals surface area contributed by atoms with Crippen LogP contribution in [0.15, 0.2) is 47.0 Å². The molecule has 2 aromatic carbocycles. The summed E-state index contributed by atoms with van der Waals surface area (Å²) in [7, 11) is 2.01. The Bertz CT molecular complexity index is 1270. The highest BCUT2D eigenvalue weighted by molar-refractivity contribution is 5.75. The first-order valence-electron chi connectivity index (χ1n) is 10.2. The van der Waals surface area contributed by atoms with E-state index < -0.39 is 6.10 Å². The van der Waals surface area contributed by atoms with Crippen molar-refractivity contribution in [3.05, 3.63) is 54.2 Å². The third kappa shape index (κ3) is 3.13. The minimum Gasteiger partial charge on any atom is -0.454 e. The Morgan fingerprint density at radius 3 is 2.87 bits per heavy atom. The highest BCUT2D eigenvalue weighted by atomic mass is 16.7. The van der Waals surface area contributed by atoms with Crippen molar-refractivity contribution in [3.8, 4) is 22.9 Å². The number of fused-ring (bicyclic) bond motifs is 2. The minimum atomic E-state index is -0.458. The first kappa shape index (κ1) is 18.3. The molecule has 0 aliphatic carbocycles. The van der Waals surface area contributed by atoms with Gasteiger partial charge >= 0.3 is 0 Å². The van der Waals surface area contributed by atoms with Crippen molar-refractivity contribution in [1.82, 2.24) is 24.6 Å². The smallest absolute Gasteiger partial charge is 0.244 e. The van der Waals surface area contributed by atoms with E-state index in [9.17, 15) is 5.11 Å². The van der Waals surface area contributed by atoms with Crippen molar-refractivity contribution >= 4 is 11.0 Å². The Kier molecular flexibility index (Phi) is 4.18. The Morgan fingerprint density at radius 2 is 1.97 bits per heavy atom. The minimum absolute atomic E-state index is 0.176. The molecule has 0 amide bonds. The van der Waals surface area contributed by atoms with Crippen molar-refractivity contribution in [2.75, 3.05) is 13.3 Å². The van der Waals surface area contributed by atoms with Gasteiger partial charge in [0.15, 0.2) is 11.5 Å². The summed E-state index contributed by atoms with van der Waals surface area (Å²) in [6, 6.07) is 13.4. The van der Waals surface area contributed by atoms with E-state index in [0.29, 0.717) is 42.7 Å². The maximum atomic E-state index is 10.4. The Morgan fingerprint density at radius 1 is 1.10 bits per heavy atom. The Balaban J connectivity index is 1.28. The van der Waals surface area contributed by atoms with Gasteiger partial charge in [-0.15, -0.1) is 0 Å². The fourth-order valence-corrected chi connectivity index (χ4v) is 4.35. The van der Waals surface area contributed by atoms with Crippen LogP contribution in [-0.2, 0) is 13.6 Å². The van der Waals surface area contributed by atoms with Crippen LogP contribution in [0.5, 0.6) is 11.5 Å². The first-order chi connectivity index (χ1) is 15.2. The van der Waals surface area contributed by atoms with Crippen LogP contribution < -0.4 is 9.47 Å². The van der Waals surface area contributed by atoms with E-state index in [4.69, 9.17) is 19.0 Å². The molecule has 0 bridgehead atoms. The quantitative estimate of drug-likeness (QED) is 0.539. The van der Waals surface area contributed by atoms with E-state index in [1.807, 2.05) is 43.4 Å². The SMILES string of the molecule is Cn1c(CN2C[C@H](O)C[C@H]2c2nc(-c3ccc4c(c3)OCO4)no2)nc2ccccc21. The maximum absolute atomic E-state index is 10.4. The number of nitrogens with zero attached hydrogens (tertiary/aromatic N) is 5. The zero-order valence-corrected chi connectivity index (χ0v) is 16.9. The van der Waals surface area contributed by atoms with Crippen molar-refractivity contribution < 1.29 is 19.1 Å². The molecule has 2 aliphatic heterocycles. The van der Waals surface area contributed by atoms with Gasteiger partial charge in [-0.05, 0) is 36.8 Å². The number of aliphatic hydroxyl groups excluding tert-OH is 1. The van der Waals surface area contributed by atoms with Gasteiger partial charge in [-0.25, -0.2) is 4.98 Å². The Labute approximate surface area is 177 Å². The number of hydrogen-bond acceptors (Lipinski definition) is 8. The topological polar surface area (TPSA) is 98.7 Å².